The van der Waals surface area contributed by atoms with Gasteiger partial charge >= 0.3 is 0 Å². The zero-order chi connectivity index (χ0) is 72.8. The molecule has 16 heteroatoms. The average Bonchev–Trinajstić information content (AvgIpc) is 0.791. The molecule has 0 fully saturated rings. The fraction of sp³-hybridized carbons (Fsp3) is 0.0833. The predicted molar refractivity (Wildman–Crippen MR) is 426 cm³/mol. The van der Waals surface area contributed by atoms with E-state index in [1.807, 2.05) is 287 Å². The van der Waals surface area contributed by atoms with Crippen LogP contribution in [-0.4, -0.2) is 39.9 Å². The summed E-state index contributed by atoms with van der Waals surface area (Å²) in [5.74, 6) is 0. The van der Waals surface area contributed by atoms with Crippen LogP contribution in [0.5, 0.6) is 0 Å². The van der Waals surface area contributed by atoms with Crippen molar-refractivity contribution in [2.75, 3.05) is 0 Å². The summed E-state index contributed by atoms with van der Waals surface area (Å²) in [7, 11) is 0. The van der Waals surface area contributed by atoms with Gasteiger partial charge in [0.05, 0.1) is 0 Å². The molecule has 0 aliphatic heterocycles. The first kappa shape index (κ1) is 102. The topological polar surface area (TPSA) is 103 Å². The second kappa shape index (κ2) is 58.1. The normalized spacial score (nSPS) is 9.21. The fourth-order valence-corrected chi connectivity index (χ4v) is 10.1. The summed E-state index contributed by atoms with van der Waals surface area (Å²) in [4.78, 5) is 34.4. The molecule has 0 unspecified atom stereocenters. The van der Waals surface area contributed by atoms with E-state index < -0.39 is 0 Å². The summed E-state index contributed by atoms with van der Waals surface area (Å²) >= 11 is 0. The van der Waals surface area contributed by atoms with E-state index in [9.17, 15) is 0 Å². The number of benzene rings is 8. The molecule has 8 aromatic carbocycles. The average molecular weight is 2880 g/mol. The molecule has 8 nitrogen and oxygen atoms in total. The third kappa shape index (κ3) is 36.1. The summed E-state index contributed by atoms with van der Waals surface area (Å²) in [5.41, 5.74) is 25.8. The van der Waals surface area contributed by atoms with Gasteiger partial charge in [0.2, 0.25) is 0 Å². The first-order valence-electron chi connectivity index (χ1n) is 34.1. The van der Waals surface area contributed by atoms with Crippen molar-refractivity contribution < 1.29 is 161 Å². The molecule has 0 atom stereocenters. The van der Waals surface area contributed by atoms with E-state index in [0.29, 0.717) is 0 Å². The van der Waals surface area contributed by atoms with Gasteiger partial charge in [-0.25, -0.2) is 0 Å². The van der Waals surface area contributed by atoms with Crippen molar-refractivity contribution in [1.29, 1.82) is 0 Å². The van der Waals surface area contributed by atoms with Crippen LogP contribution in [-0.2, 0) is 161 Å². The smallest absolute Gasteiger partial charge is 0.0266 e. The van der Waals surface area contributed by atoms with Crippen molar-refractivity contribution >= 4 is 0 Å². The van der Waals surface area contributed by atoms with Crippen LogP contribution in [0.15, 0.2) is 341 Å². The van der Waals surface area contributed by atoms with Crippen molar-refractivity contribution in [3.8, 4) is 90.1 Å². The van der Waals surface area contributed by atoms with Crippen LogP contribution in [0.3, 0.4) is 0 Å². The number of hydrogen-bond acceptors (Lipinski definition) is 8. The Morgan fingerprint density at radius 1 is 0.232 bits per heavy atom. The summed E-state index contributed by atoms with van der Waals surface area (Å²) in [6.07, 6.45) is 12.7. The zero-order valence-electron chi connectivity index (χ0n) is 62.6. The molecular weight excluding hydrogens is 2800 g/mol. The first-order valence-corrected chi connectivity index (χ1v) is 34.1. The molecule has 8 radical (unpaired) electrons. The number of hydrogen-bond donors (Lipinski definition) is 0. The van der Waals surface area contributed by atoms with Gasteiger partial charge in [0.15, 0.2) is 0 Å². The quantitative estimate of drug-likeness (QED) is 0.139. The summed E-state index contributed by atoms with van der Waals surface area (Å²) in [6.45, 7) is 16.4. The summed E-state index contributed by atoms with van der Waals surface area (Å²) < 4.78 is 0. The van der Waals surface area contributed by atoms with Crippen molar-refractivity contribution in [2.45, 2.75) is 55.4 Å². The molecule has 8 heterocycles. The number of aromatic nitrogens is 8. The second-order valence-corrected chi connectivity index (χ2v) is 23.8. The van der Waals surface area contributed by atoms with Crippen LogP contribution in [0, 0.1) is 104 Å². The molecule has 0 spiro atoms. The number of aryl methyl sites for hydroxylation is 8. The molecule has 0 bridgehead atoms. The second-order valence-electron chi connectivity index (χ2n) is 23.8. The van der Waals surface area contributed by atoms with Crippen molar-refractivity contribution in [2.24, 2.45) is 0 Å². The maximum Gasteiger partial charge on any atom is 0.0266 e. The van der Waals surface area contributed by atoms with E-state index in [0.717, 1.165) is 101 Å². The Kier molecular flexibility index (Phi) is 53.0. The Hall–Kier alpha value is -7.85. The monoisotopic (exact) mass is 2890 g/mol. The van der Waals surface area contributed by atoms with Crippen LogP contribution >= 0.6 is 0 Å². The first-order chi connectivity index (χ1) is 50.9. The third-order valence-corrected chi connectivity index (χ3v) is 15.3. The minimum Gasteiger partial charge on any atom is -0.305 e. The van der Waals surface area contributed by atoms with Gasteiger partial charge < -0.3 is 39.9 Å². The van der Waals surface area contributed by atoms with Crippen LogP contribution in [0.2, 0.25) is 0 Å². The fourth-order valence-electron chi connectivity index (χ4n) is 10.1. The minimum atomic E-state index is 0. The van der Waals surface area contributed by atoms with E-state index in [1.54, 1.807) is 24.8 Å². The number of pyridine rings is 8. The van der Waals surface area contributed by atoms with Crippen LogP contribution in [0.25, 0.3) is 90.1 Å². The summed E-state index contributed by atoms with van der Waals surface area (Å²) in [6, 6.07) is 123. The molecular formula is C96H80Ir8N8-8. The van der Waals surface area contributed by atoms with Gasteiger partial charge in [0.25, 0.3) is 0 Å². The molecule has 8 aromatic heterocycles. The molecule has 0 saturated carbocycles. The Bertz CT molecular complexity index is 4780. The Labute approximate surface area is 771 Å². The Balaban J connectivity index is 0.000000634. The molecule has 16 aromatic rings. The Morgan fingerprint density at radius 2 is 0.652 bits per heavy atom. The molecule has 0 N–H and O–H groups in total. The molecule has 112 heavy (non-hydrogen) atoms. The van der Waals surface area contributed by atoms with Crippen molar-refractivity contribution in [1.82, 2.24) is 39.9 Å². The van der Waals surface area contributed by atoms with Crippen LogP contribution in [0.1, 0.15) is 44.6 Å². The number of rotatable bonds is 8. The summed E-state index contributed by atoms with van der Waals surface area (Å²) in [5, 5.41) is 0. The zero-order valence-corrected chi connectivity index (χ0v) is 81.7. The van der Waals surface area contributed by atoms with Gasteiger partial charge in [0, 0.05) is 210 Å². The standard InChI is InChI=1S/C13H12N.6C12H10N.C11H8N.8Ir/c1-10-7-11(2)9-12(8-10)13-5-3-4-6-14-13;1-10-6-2-3-7-11(10)12-8-4-5-9-13-12;1-10-5-7-11(8-6-10)12-4-2-3-9-13-12;1-10-6-5-9-13-12(10)11-7-3-2-4-8-11;1-10-6-5-9-12(13-10)11-7-3-2-4-8-11;1-10-7-8-13-12(9-10)11-5-3-2-4-6-11;1-10-7-8-12(13-9-10)11-5-3-2-4-6-11;1-2-6-10(7-3-1)11-8-4-5-9-12-11;;;;;;;;/h3-8H,1-2H3;2-6,8-9H,1H3;3*2-7,9H,1H3;2*2-5,7-9H,1H3;1-6,8-9H;;;;;;;;/q8*-1;;;;;;;;. The molecule has 584 valence electrons. The Morgan fingerprint density at radius 3 is 1.08 bits per heavy atom. The van der Waals surface area contributed by atoms with Crippen molar-refractivity contribution in [3.63, 3.8) is 0 Å². The van der Waals surface area contributed by atoms with E-state index in [4.69, 9.17) is 0 Å². The van der Waals surface area contributed by atoms with Crippen molar-refractivity contribution in [3.05, 3.63) is 434 Å². The van der Waals surface area contributed by atoms with Crippen LogP contribution in [0.4, 0.5) is 0 Å². The van der Waals surface area contributed by atoms with Gasteiger partial charge in [-0.1, -0.05) is 124 Å². The maximum atomic E-state index is 4.41. The van der Waals surface area contributed by atoms with Gasteiger partial charge in [-0.2, -0.15) is 0 Å². The van der Waals surface area contributed by atoms with Crippen LogP contribution < -0.4 is 0 Å². The third-order valence-electron chi connectivity index (χ3n) is 15.3. The van der Waals surface area contributed by atoms with E-state index in [1.165, 1.54) is 33.4 Å². The largest absolute Gasteiger partial charge is 0.305 e. The molecule has 16 rings (SSSR count). The molecule has 0 amide bonds. The molecule has 0 aliphatic carbocycles. The van der Waals surface area contributed by atoms with E-state index in [-0.39, 0.29) is 161 Å². The van der Waals surface area contributed by atoms with Gasteiger partial charge in [-0.15, -0.1) is 285 Å². The molecule has 0 aliphatic rings. The predicted octanol–water partition coefficient (Wildman–Crippen LogP) is 22.8. The van der Waals surface area contributed by atoms with Gasteiger partial charge in [-0.05, 0) is 121 Å². The number of nitrogens with zero attached hydrogens (tertiary/aromatic N) is 8. The maximum absolute atomic E-state index is 4.41. The van der Waals surface area contributed by atoms with Gasteiger partial charge in [-0.3, -0.25) is 0 Å². The SMILES string of the molecule is Cc1[c-]c(-c2ccccn2)cc(C)c1.Cc1c[c-]c(-c2ccccn2)cc1.Cc1ccc(-c2[c-]cccc2)nc1.Cc1ccc[c-]c1-c1ccccn1.Cc1cccc(-c2[c-]cccc2)n1.Cc1cccnc1-c1[c-]cccc1.Cc1ccnc(-c2[c-]cccc2)c1.[Ir].[Ir].[Ir].[Ir].[Ir].[Ir].[Ir].[Ir].[c-]1ccccc1-c1ccccn1. The van der Waals surface area contributed by atoms with E-state index >= 15 is 0 Å². The molecule has 0 saturated heterocycles. The van der Waals surface area contributed by atoms with Gasteiger partial charge in [0.1, 0.15) is 0 Å². The van der Waals surface area contributed by atoms with E-state index in [2.05, 4.69) is 172 Å². The minimum absolute atomic E-state index is 0.